The fraction of sp³-hybridized carbons (Fsp3) is 0.167. The van der Waals surface area contributed by atoms with Gasteiger partial charge in [-0.3, -0.25) is 9.59 Å². The van der Waals surface area contributed by atoms with Gasteiger partial charge in [0.05, 0.1) is 4.88 Å². The van der Waals surface area contributed by atoms with E-state index >= 15 is 0 Å². The van der Waals surface area contributed by atoms with Crippen LogP contribution in [0, 0.1) is 0 Å². The van der Waals surface area contributed by atoms with E-state index in [9.17, 15) is 9.59 Å². The standard InChI is InChI=1S/C24H21N3O2S/c28-23(22-10-5-13-30-22)26-20(14-17-15-25-19-8-3-2-7-18(17)19)24(29)27-12-11-16-6-1-4-9-21(16)27/h1-10,13,15,20,25H,11-12,14H2,(H,26,28). The molecule has 4 aromatic rings. The van der Waals surface area contributed by atoms with Crippen molar-refractivity contribution in [3.8, 4) is 0 Å². The molecule has 0 aliphatic carbocycles. The molecule has 0 saturated carbocycles. The Kier molecular flexibility index (Phi) is 4.85. The fourth-order valence-electron chi connectivity index (χ4n) is 4.11. The Labute approximate surface area is 178 Å². The monoisotopic (exact) mass is 415 g/mol. The van der Waals surface area contributed by atoms with Gasteiger partial charge in [0.15, 0.2) is 0 Å². The fourth-order valence-corrected chi connectivity index (χ4v) is 4.74. The zero-order valence-electron chi connectivity index (χ0n) is 16.3. The van der Waals surface area contributed by atoms with Crippen molar-refractivity contribution in [3.05, 3.63) is 88.2 Å². The molecule has 2 aromatic carbocycles. The van der Waals surface area contributed by atoms with Crippen LogP contribution >= 0.6 is 11.3 Å². The SMILES string of the molecule is O=C(NC(Cc1c[nH]c2ccccc12)C(=O)N1CCc2ccccc21)c1cccs1. The van der Waals surface area contributed by atoms with Crippen molar-refractivity contribution in [2.45, 2.75) is 18.9 Å². The lowest BCUT2D eigenvalue weighted by atomic mass is 10.0. The number of para-hydroxylation sites is 2. The van der Waals surface area contributed by atoms with E-state index in [0.29, 0.717) is 17.8 Å². The Morgan fingerprint density at radius 3 is 2.77 bits per heavy atom. The summed E-state index contributed by atoms with van der Waals surface area (Å²) in [5.41, 5.74) is 4.15. The Balaban J connectivity index is 1.46. The van der Waals surface area contributed by atoms with Crippen molar-refractivity contribution >= 4 is 39.7 Å². The minimum Gasteiger partial charge on any atom is -0.361 e. The molecule has 0 spiro atoms. The number of hydrogen-bond donors (Lipinski definition) is 2. The summed E-state index contributed by atoms with van der Waals surface area (Å²) in [7, 11) is 0. The van der Waals surface area contributed by atoms with E-state index < -0.39 is 6.04 Å². The largest absolute Gasteiger partial charge is 0.361 e. The molecule has 2 aromatic heterocycles. The molecule has 0 fully saturated rings. The van der Waals surface area contributed by atoms with E-state index in [-0.39, 0.29) is 11.8 Å². The highest BCUT2D eigenvalue weighted by molar-refractivity contribution is 7.12. The number of anilines is 1. The number of aromatic amines is 1. The van der Waals surface area contributed by atoms with Gasteiger partial charge in [0.25, 0.3) is 5.91 Å². The summed E-state index contributed by atoms with van der Waals surface area (Å²) in [6.07, 6.45) is 3.19. The average Bonchev–Trinajstić information content (AvgIpc) is 3.52. The minimum absolute atomic E-state index is 0.0739. The van der Waals surface area contributed by atoms with Crippen LogP contribution in [0.5, 0.6) is 0 Å². The first kappa shape index (κ1) is 18.6. The highest BCUT2D eigenvalue weighted by atomic mass is 32.1. The number of aromatic nitrogens is 1. The molecule has 5 rings (SSSR count). The Morgan fingerprint density at radius 2 is 1.90 bits per heavy atom. The van der Waals surface area contributed by atoms with E-state index in [0.717, 1.165) is 28.6 Å². The number of benzene rings is 2. The van der Waals surface area contributed by atoms with Crippen molar-refractivity contribution in [1.29, 1.82) is 0 Å². The summed E-state index contributed by atoms with van der Waals surface area (Å²) in [4.78, 5) is 32.1. The summed E-state index contributed by atoms with van der Waals surface area (Å²) in [5.74, 6) is -0.286. The van der Waals surface area contributed by atoms with E-state index in [4.69, 9.17) is 0 Å². The summed E-state index contributed by atoms with van der Waals surface area (Å²) in [6, 6.07) is 19.0. The van der Waals surface area contributed by atoms with E-state index in [1.54, 1.807) is 6.07 Å². The van der Waals surface area contributed by atoms with Crippen molar-refractivity contribution in [1.82, 2.24) is 10.3 Å². The first-order valence-corrected chi connectivity index (χ1v) is 10.9. The van der Waals surface area contributed by atoms with Crippen LogP contribution in [0.4, 0.5) is 5.69 Å². The molecule has 6 heteroatoms. The number of H-pyrrole nitrogens is 1. The second-order valence-electron chi connectivity index (χ2n) is 7.44. The number of thiophene rings is 1. The van der Waals surface area contributed by atoms with E-state index in [1.807, 2.05) is 65.0 Å². The molecule has 1 aliphatic rings. The molecule has 0 bridgehead atoms. The highest BCUT2D eigenvalue weighted by Gasteiger charge is 2.32. The lowest BCUT2D eigenvalue weighted by Crippen LogP contribution is -2.49. The van der Waals surface area contributed by atoms with Crippen LogP contribution < -0.4 is 10.2 Å². The minimum atomic E-state index is -0.648. The summed E-state index contributed by atoms with van der Waals surface area (Å²) < 4.78 is 0. The van der Waals surface area contributed by atoms with Crippen LogP contribution in [0.3, 0.4) is 0 Å². The van der Waals surface area contributed by atoms with Crippen molar-refractivity contribution in [3.63, 3.8) is 0 Å². The quantitative estimate of drug-likeness (QED) is 0.514. The van der Waals surface area contributed by atoms with Crippen molar-refractivity contribution in [2.75, 3.05) is 11.4 Å². The Morgan fingerprint density at radius 1 is 1.07 bits per heavy atom. The molecule has 1 aliphatic heterocycles. The van der Waals surface area contributed by atoms with Gasteiger partial charge in [0.1, 0.15) is 6.04 Å². The molecule has 150 valence electrons. The number of amides is 2. The number of hydrogen-bond acceptors (Lipinski definition) is 3. The topological polar surface area (TPSA) is 65.2 Å². The maximum Gasteiger partial charge on any atom is 0.262 e. The van der Waals surface area contributed by atoms with Crippen molar-refractivity contribution in [2.24, 2.45) is 0 Å². The normalized spacial score (nSPS) is 13.9. The summed E-state index contributed by atoms with van der Waals surface area (Å²) in [5, 5.41) is 5.93. The zero-order chi connectivity index (χ0) is 20.5. The second-order valence-corrected chi connectivity index (χ2v) is 8.38. The van der Waals surface area contributed by atoms with Gasteiger partial charge in [-0.2, -0.15) is 0 Å². The van der Waals surface area contributed by atoms with Crippen LogP contribution in [0.2, 0.25) is 0 Å². The van der Waals surface area contributed by atoms with E-state index in [2.05, 4.69) is 16.4 Å². The van der Waals surface area contributed by atoms with Gasteiger partial charge in [-0.15, -0.1) is 11.3 Å². The van der Waals surface area contributed by atoms with Crippen LogP contribution in [-0.4, -0.2) is 29.4 Å². The zero-order valence-corrected chi connectivity index (χ0v) is 17.1. The van der Waals surface area contributed by atoms with Gasteiger partial charge in [0.2, 0.25) is 5.91 Å². The highest BCUT2D eigenvalue weighted by Crippen LogP contribution is 2.29. The smallest absolute Gasteiger partial charge is 0.262 e. The molecule has 1 atom stereocenters. The van der Waals surface area contributed by atoms with Gasteiger partial charge < -0.3 is 15.2 Å². The molecular weight excluding hydrogens is 394 g/mol. The second kappa shape index (κ2) is 7.80. The lowest BCUT2D eigenvalue weighted by molar-refractivity contribution is -0.120. The van der Waals surface area contributed by atoms with Gasteiger partial charge in [-0.25, -0.2) is 0 Å². The van der Waals surface area contributed by atoms with Crippen LogP contribution in [0.25, 0.3) is 10.9 Å². The number of fused-ring (bicyclic) bond motifs is 2. The molecule has 5 nitrogen and oxygen atoms in total. The first-order valence-electron chi connectivity index (χ1n) is 9.99. The summed E-state index contributed by atoms with van der Waals surface area (Å²) in [6.45, 7) is 0.636. The maximum atomic E-state index is 13.6. The molecule has 0 saturated heterocycles. The number of carbonyl (C=O) groups excluding carboxylic acids is 2. The molecule has 2 N–H and O–H groups in total. The summed E-state index contributed by atoms with van der Waals surface area (Å²) >= 11 is 1.37. The third kappa shape index (κ3) is 3.39. The number of carbonyl (C=O) groups is 2. The molecule has 30 heavy (non-hydrogen) atoms. The Bertz CT molecular complexity index is 1210. The number of rotatable bonds is 5. The molecule has 2 amide bonds. The molecule has 1 unspecified atom stereocenters. The Hall–Kier alpha value is -3.38. The third-order valence-electron chi connectivity index (χ3n) is 5.60. The van der Waals surface area contributed by atoms with Gasteiger partial charge in [-0.05, 0) is 41.1 Å². The van der Waals surface area contributed by atoms with Crippen LogP contribution in [0.15, 0.2) is 72.2 Å². The van der Waals surface area contributed by atoms with E-state index in [1.165, 1.54) is 16.9 Å². The number of nitrogens with zero attached hydrogens (tertiary/aromatic N) is 1. The predicted octanol–water partition coefficient (Wildman–Crippen LogP) is 4.16. The first-order chi connectivity index (χ1) is 14.7. The predicted molar refractivity (Wildman–Crippen MR) is 120 cm³/mol. The van der Waals surface area contributed by atoms with Gasteiger partial charge in [-0.1, -0.05) is 42.5 Å². The third-order valence-corrected chi connectivity index (χ3v) is 6.47. The lowest BCUT2D eigenvalue weighted by Gasteiger charge is -2.25. The maximum absolute atomic E-state index is 13.6. The van der Waals surface area contributed by atoms with Crippen molar-refractivity contribution < 1.29 is 9.59 Å². The number of nitrogens with one attached hydrogen (secondary N) is 2. The molecule has 3 heterocycles. The van der Waals surface area contributed by atoms with Crippen LogP contribution in [0.1, 0.15) is 20.8 Å². The average molecular weight is 416 g/mol. The van der Waals surface area contributed by atoms with Gasteiger partial charge in [0, 0.05) is 35.8 Å². The molecule has 0 radical (unpaired) electrons. The van der Waals surface area contributed by atoms with Crippen LogP contribution in [-0.2, 0) is 17.6 Å². The van der Waals surface area contributed by atoms with Gasteiger partial charge >= 0.3 is 0 Å². The molecular formula is C24H21N3O2S.